The molecule has 0 bridgehead atoms. The second-order valence-electron chi connectivity index (χ2n) is 6.50. The third-order valence-corrected chi connectivity index (χ3v) is 4.61. The third kappa shape index (κ3) is 2.39. The van der Waals surface area contributed by atoms with Gasteiger partial charge in [0.15, 0.2) is 11.5 Å². The highest BCUT2D eigenvalue weighted by Gasteiger charge is 2.45. The van der Waals surface area contributed by atoms with Gasteiger partial charge in [0.05, 0.1) is 0 Å². The van der Waals surface area contributed by atoms with E-state index in [-0.39, 0.29) is 24.5 Å². The summed E-state index contributed by atoms with van der Waals surface area (Å²) in [5, 5.41) is 3.63. The molecule has 9 heteroatoms. The summed E-state index contributed by atoms with van der Waals surface area (Å²) >= 11 is 0. The highest BCUT2D eigenvalue weighted by molar-refractivity contribution is 5.93. The molecule has 4 heterocycles. The summed E-state index contributed by atoms with van der Waals surface area (Å²) in [5.41, 5.74) is 2.21. The Balaban J connectivity index is 1.49. The molecule has 0 radical (unpaired) electrons. The zero-order chi connectivity index (χ0) is 17.9. The number of aromatic nitrogens is 5. The van der Waals surface area contributed by atoms with Gasteiger partial charge in [-0.05, 0) is 6.07 Å². The second-order valence-corrected chi connectivity index (χ2v) is 6.50. The van der Waals surface area contributed by atoms with Crippen molar-refractivity contribution in [2.45, 2.75) is 24.8 Å². The Morgan fingerprint density at radius 3 is 2.92 bits per heavy atom. The normalized spacial score (nSPS) is 16.9. The van der Waals surface area contributed by atoms with Gasteiger partial charge < -0.3 is 14.7 Å². The number of hydrogen-bond acceptors (Lipinski definition) is 4. The van der Waals surface area contributed by atoms with Crippen LogP contribution in [0.2, 0.25) is 0 Å². The summed E-state index contributed by atoms with van der Waals surface area (Å²) < 4.78 is 41.7. The first-order chi connectivity index (χ1) is 12.5. The molecule has 1 saturated carbocycles. The highest BCUT2D eigenvalue weighted by atomic mass is 19.3. The monoisotopic (exact) mass is 358 g/mol. The van der Waals surface area contributed by atoms with Crippen LogP contribution >= 0.6 is 0 Å². The standard InChI is InChI=1S/C17H13F3N6/c18-13-3-9(8-26-2-1-21-15(13)26)11-6-22-14-12(11)7-23-16(25-14)24-10-4-17(19,20)5-10/h1-3,6-8,10H,4-5H2,(H2,22,23,24,25). The van der Waals surface area contributed by atoms with Gasteiger partial charge in [-0.2, -0.15) is 4.98 Å². The zero-order valence-electron chi connectivity index (χ0n) is 13.4. The maximum Gasteiger partial charge on any atom is 0.252 e. The molecule has 0 unspecified atom stereocenters. The largest absolute Gasteiger partial charge is 0.351 e. The molecule has 132 valence electrons. The van der Waals surface area contributed by atoms with E-state index in [9.17, 15) is 13.2 Å². The van der Waals surface area contributed by atoms with Crippen molar-refractivity contribution >= 4 is 22.6 Å². The van der Waals surface area contributed by atoms with Gasteiger partial charge in [-0.15, -0.1) is 0 Å². The van der Waals surface area contributed by atoms with Crippen LogP contribution in [0.4, 0.5) is 19.1 Å². The van der Waals surface area contributed by atoms with E-state index in [0.717, 1.165) is 5.56 Å². The average molecular weight is 358 g/mol. The molecule has 1 aliphatic rings. The van der Waals surface area contributed by atoms with Crippen molar-refractivity contribution in [1.29, 1.82) is 0 Å². The molecule has 0 aliphatic heterocycles. The quantitative estimate of drug-likeness (QED) is 0.587. The lowest BCUT2D eigenvalue weighted by Crippen LogP contribution is -2.44. The number of alkyl halides is 2. The fraction of sp³-hybridized carbons (Fsp3) is 0.235. The van der Waals surface area contributed by atoms with E-state index in [4.69, 9.17) is 0 Å². The number of nitrogens with one attached hydrogen (secondary N) is 2. The SMILES string of the molecule is Fc1cc(-c2c[nH]c3nc(NC4CC(F)(F)C4)ncc23)cn2ccnc12. The fourth-order valence-electron chi connectivity index (χ4n) is 3.30. The smallest absolute Gasteiger partial charge is 0.252 e. The van der Waals surface area contributed by atoms with Crippen molar-refractivity contribution in [3.8, 4) is 11.1 Å². The predicted octanol–water partition coefficient (Wildman–Crippen LogP) is 3.62. The minimum atomic E-state index is -2.60. The Kier molecular flexibility index (Phi) is 3.03. The summed E-state index contributed by atoms with van der Waals surface area (Å²) in [6.45, 7) is 0. The number of nitrogens with zero attached hydrogens (tertiary/aromatic N) is 4. The number of halogens is 3. The topological polar surface area (TPSA) is 70.9 Å². The van der Waals surface area contributed by atoms with Crippen molar-refractivity contribution in [2.24, 2.45) is 0 Å². The number of anilines is 1. The van der Waals surface area contributed by atoms with E-state index in [1.54, 1.807) is 29.2 Å². The van der Waals surface area contributed by atoms with Gasteiger partial charge in [0.25, 0.3) is 5.92 Å². The third-order valence-electron chi connectivity index (χ3n) is 4.61. The molecule has 0 saturated heterocycles. The van der Waals surface area contributed by atoms with Crippen molar-refractivity contribution in [1.82, 2.24) is 24.3 Å². The van der Waals surface area contributed by atoms with Crippen LogP contribution in [0.1, 0.15) is 12.8 Å². The number of H-pyrrole nitrogens is 1. The maximum atomic E-state index is 14.2. The van der Waals surface area contributed by atoms with Crippen LogP contribution in [-0.2, 0) is 0 Å². The van der Waals surface area contributed by atoms with E-state index in [2.05, 4.69) is 25.3 Å². The van der Waals surface area contributed by atoms with E-state index in [1.807, 2.05) is 0 Å². The van der Waals surface area contributed by atoms with Gasteiger partial charge >= 0.3 is 0 Å². The van der Waals surface area contributed by atoms with Crippen LogP contribution in [0.15, 0.2) is 37.1 Å². The first kappa shape index (κ1) is 15.2. The number of aromatic amines is 1. The molecule has 4 aromatic heterocycles. The van der Waals surface area contributed by atoms with Gasteiger partial charge in [-0.3, -0.25) is 0 Å². The predicted molar refractivity (Wildman–Crippen MR) is 89.6 cm³/mol. The van der Waals surface area contributed by atoms with Crippen molar-refractivity contribution < 1.29 is 13.2 Å². The minimum Gasteiger partial charge on any atom is -0.351 e. The van der Waals surface area contributed by atoms with E-state index in [1.165, 1.54) is 12.3 Å². The summed E-state index contributed by atoms with van der Waals surface area (Å²) in [6, 6.07) is 1.09. The summed E-state index contributed by atoms with van der Waals surface area (Å²) in [5.74, 6) is -2.73. The Morgan fingerprint density at radius 1 is 1.27 bits per heavy atom. The second kappa shape index (κ2) is 5.20. The van der Waals surface area contributed by atoms with E-state index >= 15 is 0 Å². The fourth-order valence-corrected chi connectivity index (χ4v) is 3.30. The molecule has 1 fully saturated rings. The molecule has 26 heavy (non-hydrogen) atoms. The number of imidazole rings is 1. The lowest BCUT2D eigenvalue weighted by Gasteiger charge is -2.35. The van der Waals surface area contributed by atoms with Crippen LogP contribution in [0, 0.1) is 5.82 Å². The molecular weight excluding hydrogens is 345 g/mol. The molecule has 0 amide bonds. The van der Waals surface area contributed by atoms with Gasteiger partial charge in [-0.1, -0.05) is 0 Å². The molecule has 2 N–H and O–H groups in total. The molecule has 6 nitrogen and oxygen atoms in total. The first-order valence-electron chi connectivity index (χ1n) is 8.10. The first-order valence-corrected chi connectivity index (χ1v) is 8.10. The van der Waals surface area contributed by atoms with Crippen molar-refractivity contribution in [2.75, 3.05) is 5.32 Å². The van der Waals surface area contributed by atoms with Crippen LogP contribution in [0.25, 0.3) is 27.8 Å². The zero-order valence-corrected chi connectivity index (χ0v) is 13.4. The Bertz CT molecular complexity index is 1120. The average Bonchev–Trinajstić information content (AvgIpc) is 3.19. The summed E-state index contributed by atoms with van der Waals surface area (Å²) in [6.07, 6.45) is 7.87. The van der Waals surface area contributed by atoms with Gasteiger partial charge in [0.1, 0.15) is 5.65 Å². The molecule has 5 rings (SSSR count). The number of pyridine rings is 1. The van der Waals surface area contributed by atoms with Gasteiger partial charge in [0, 0.05) is 66.4 Å². The lowest BCUT2D eigenvalue weighted by atomic mass is 9.88. The van der Waals surface area contributed by atoms with Crippen LogP contribution in [0.5, 0.6) is 0 Å². The molecular formula is C17H13F3N6. The van der Waals surface area contributed by atoms with Crippen LogP contribution in [0.3, 0.4) is 0 Å². The van der Waals surface area contributed by atoms with Gasteiger partial charge in [-0.25, -0.2) is 23.1 Å². The van der Waals surface area contributed by atoms with Crippen LogP contribution < -0.4 is 5.32 Å². The van der Waals surface area contributed by atoms with E-state index in [0.29, 0.717) is 22.5 Å². The van der Waals surface area contributed by atoms with Gasteiger partial charge in [0.2, 0.25) is 5.95 Å². The Labute approximate surface area is 145 Å². The summed E-state index contributed by atoms with van der Waals surface area (Å²) in [7, 11) is 0. The Hall–Kier alpha value is -3.10. The molecule has 0 spiro atoms. The van der Waals surface area contributed by atoms with Crippen LogP contribution in [-0.4, -0.2) is 36.3 Å². The lowest BCUT2D eigenvalue weighted by molar-refractivity contribution is -0.0794. The number of fused-ring (bicyclic) bond motifs is 2. The highest BCUT2D eigenvalue weighted by Crippen LogP contribution is 2.38. The molecule has 0 aromatic carbocycles. The molecule has 4 aromatic rings. The van der Waals surface area contributed by atoms with Crippen molar-refractivity contribution in [3.63, 3.8) is 0 Å². The number of rotatable bonds is 3. The van der Waals surface area contributed by atoms with E-state index < -0.39 is 11.7 Å². The Morgan fingerprint density at radius 2 is 2.12 bits per heavy atom. The van der Waals surface area contributed by atoms with Crippen molar-refractivity contribution in [3.05, 3.63) is 42.9 Å². The molecule has 0 atom stereocenters. The molecule has 1 aliphatic carbocycles. The summed E-state index contributed by atoms with van der Waals surface area (Å²) in [4.78, 5) is 15.5. The number of hydrogen-bond donors (Lipinski definition) is 2. The maximum absolute atomic E-state index is 14.2. The minimum absolute atomic E-state index is 0.214.